The molecule has 6 heteroatoms. The number of rotatable bonds is 3. The summed E-state index contributed by atoms with van der Waals surface area (Å²) in [5.41, 5.74) is 4.90. The number of alkyl halides is 3. The Hall–Kier alpha value is -1.23. The van der Waals surface area contributed by atoms with Gasteiger partial charge in [-0.25, -0.2) is 0 Å². The number of amides is 1. The Kier molecular flexibility index (Phi) is 5.30. The maximum atomic E-state index is 12.2. The lowest BCUT2D eigenvalue weighted by Gasteiger charge is -2.06. The van der Waals surface area contributed by atoms with Gasteiger partial charge in [-0.15, -0.1) is 12.4 Å². The van der Waals surface area contributed by atoms with Crippen molar-refractivity contribution in [2.45, 2.75) is 19.0 Å². The first-order valence-electron chi connectivity index (χ1n) is 4.34. The standard InChI is InChI=1S/C10H10F3NO.ClH/c11-10(12,13)8-4-1-7(2-5-8)3-6-9(14)15;/h1-2,4-5H,3,6H2,(H2,14,15);1H. The molecule has 0 aromatic heterocycles. The SMILES string of the molecule is Cl.NC(=O)CCc1ccc(C(F)(F)F)cc1. The maximum Gasteiger partial charge on any atom is 0.416 e. The fourth-order valence-corrected chi connectivity index (χ4v) is 1.13. The minimum Gasteiger partial charge on any atom is -0.370 e. The minimum atomic E-state index is -4.32. The van der Waals surface area contributed by atoms with E-state index < -0.39 is 17.6 Å². The van der Waals surface area contributed by atoms with Gasteiger partial charge in [-0.3, -0.25) is 4.79 Å². The first kappa shape index (κ1) is 14.8. The van der Waals surface area contributed by atoms with Crippen LogP contribution >= 0.6 is 12.4 Å². The van der Waals surface area contributed by atoms with Gasteiger partial charge in [-0.2, -0.15) is 13.2 Å². The molecular weight excluding hydrogens is 243 g/mol. The quantitative estimate of drug-likeness (QED) is 0.884. The summed E-state index contributed by atoms with van der Waals surface area (Å²) in [7, 11) is 0. The number of hydrogen-bond donors (Lipinski definition) is 1. The summed E-state index contributed by atoms with van der Waals surface area (Å²) in [6.45, 7) is 0. The van der Waals surface area contributed by atoms with E-state index in [4.69, 9.17) is 5.73 Å². The van der Waals surface area contributed by atoms with Gasteiger partial charge in [0.15, 0.2) is 0 Å². The second-order valence-corrected chi connectivity index (χ2v) is 3.16. The van der Waals surface area contributed by atoms with Gasteiger partial charge in [0, 0.05) is 6.42 Å². The van der Waals surface area contributed by atoms with Crippen LogP contribution < -0.4 is 5.73 Å². The van der Waals surface area contributed by atoms with Crippen molar-refractivity contribution >= 4 is 18.3 Å². The summed E-state index contributed by atoms with van der Waals surface area (Å²) >= 11 is 0. The van der Waals surface area contributed by atoms with Gasteiger partial charge in [0.05, 0.1) is 5.56 Å². The van der Waals surface area contributed by atoms with Crippen molar-refractivity contribution in [1.82, 2.24) is 0 Å². The fraction of sp³-hybridized carbons (Fsp3) is 0.300. The molecule has 0 saturated carbocycles. The van der Waals surface area contributed by atoms with Crippen molar-refractivity contribution in [2.24, 2.45) is 5.73 Å². The molecule has 2 N–H and O–H groups in total. The molecule has 1 amide bonds. The molecule has 0 spiro atoms. The summed E-state index contributed by atoms with van der Waals surface area (Å²) in [5.74, 6) is -0.463. The highest BCUT2D eigenvalue weighted by Gasteiger charge is 2.29. The van der Waals surface area contributed by atoms with E-state index in [-0.39, 0.29) is 18.8 Å². The summed E-state index contributed by atoms with van der Waals surface area (Å²) in [4.78, 5) is 10.4. The highest BCUT2D eigenvalue weighted by molar-refractivity contribution is 5.85. The van der Waals surface area contributed by atoms with Crippen LogP contribution in [0.15, 0.2) is 24.3 Å². The van der Waals surface area contributed by atoms with Gasteiger partial charge in [0.2, 0.25) is 5.91 Å². The van der Waals surface area contributed by atoms with Crippen LogP contribution in [-0.2, 0) is 17.4 Å². The Bertz CT molecular complexity index is 348. The van der Waals surface area contributed by atoms with Crippen LogP contribution in [0.25, 0.3) is 0 Å². The minimum absolute atomic E-state index is 0. The largest absolute Gasteiger partial charge is 0.416 e. The molecular formula is C10H11ClF3NO. The van der Waals surface area contributed by atoms with Gasteiger partial charge in [-0.1, -0.05) is 12.1 Å². The Morgan fingerprint density at radius 1 is 1.19 bits per heavy atom. The van der Waals surface area contributed by atoms with Crippen molar-refractivity contribution in [3.63, 3.8) is 0 Å². The molecule has 0 bridgehead atoms. The molecule has 0 aliphatic rings. The van der Waals surface area contributed by atoms with Gasteiger partial charge < -0.3 is 5.73 Å². The monoisotopic (exact) mass is 253 g/mol. The molecule has 0 atom stereocenters. The lowest BCUT2D eigenvalue weighted by atomic mass is 10.1. The normalized spacial score (nSPS) is 10.7. The van der Waals surface area contributed by atoms with Crippen molar-refractivity contribution in [2.75, 3.05) is 0 Å². The number of carbonyl (C=O) groups is 1. The first-order valence-corrected chi connectivity index (χ1v) is 4.34. The van der Waals surface area contributed by atoms with E-state index in [9.17, 15) is 18.0 Å². The van der Waals surface area contributed by atoms with Crippen LogP contribution in [-0.4, -0.2) is 5.91 Å². The maximum absolute atomic E-state index is 12.2. The lowest BCUT2D eigenvalue weighted by molar-refractivity contribution is -0.137. The molecule has 90 valence electrons. The van der Waals surface area contributed by atoms with Crippen LogP contribution in [0.2, 0.25) is 0 Å². The van der Waals surface area contributed by atoms with Crippen LogP contribution in [0, 0.1) is 0 Å². The zero-order chi connectivity index (χ0) is 11.5. The van der Waals surface area contributed by atoms with E-state index in [1.54, 1.807) is 0 Å². The van der Waals surface area contributed by atoms with Crippen molar-refractivity contribution < 1.29 is 18.0 Å². The molecule has 0 unspecified atom stereocenters. The third-order valence-electron chi connectivity index (χ3n) is 1.94. The van der Waals surface area contributed by atoms with E-state index in [0.717, 1.165) is 12.1 Å². The smallest absolute Gasteiger partial charge is 0.370 e. The zero-order valence-electron chi connectivity index (χ0n) is 8.25. The van der Waals surface area contributed by atoms with E-state index in [1.807, 2.05) is 0 Å². The van der Waals surface area contributed by atoms with Crippen LogP contribution in [0.1, 0.15) is 17.5 Å². The van der Waals surface area contributed by atoms with Crippen LogP contribution in [0.5, 0.6) is 0 Å². The second kappa shape index (κ2) is 5.75. The fourth-order valence-electron chi connectivity index (χ4n) is 1.13. The van der Waals surface area contributed by atoms with E-state index >= 15 is 0 Å². The molecule has 16 heavy (non-hydrogen) atoms. The summed E-state index contributed by atoms with van der Waals surface area (Å²) in [5, 5.41) is 0. The predicted molar refractivity (Wildman–Crippen MR) is 56.2 cm³/mol. The van der Waals surface area contributed by atoms with Crippen LogP contribution in [0.3, 0.4) is 0 Å². The number of nitrogens with two attached hydrogens (primary N) is 1. The number of primary amides is 1. The van der Waals surface area contributed by atoms with E-state index in [1.165, 1.54) is 12.1 Å². The highest BCUT2D eigenvalue weighted by atomic mass is 35.5. The molecule has 1 rings (SSSR count). The Morgan fingerprint density at radius 2 is 1.69 bits per heavy atom. The van der Waals surface area contributed by atoms with Crippen molar-refractivity contribution in [3.05, 3.63) is 35.4 Å². The van der Waals surface area contributed by atoms with Crippen molar-refractivity contribution in [3.8, 4) is 0 Å². The molecule has 0 radical (unpaired) electrons. The Balaban J connectivity index is 0.00000225. The topological polar surface area (TPSA) is 43.1 Å². The van der Waals surface area contributed by atoms with Gasteiger partial charge in [-0.05, 0) is 24.1 Å². The van der Waals surface area contributed by atoms with Crippen molar-refractivity contribution in [1.29, 1.82) is 0 Å². The van der Waals surface area contributed by atoms with Gasteiger partial charge in [0.25, 0.3) is 0 Å². The van der Waals surface area contributed by atoms with E-state index in [2.05, 4.69) is 0 Å². The molecule has 0 aliphatic carbocycles. The molecule has 1 aromatic carbocycles. The van der Waals surface area contributed by atoms with Gasteiger partial charge >= 0.3 is 6.18 Å². The molecule has 0 fully saturated rings. The zero-order valence-corrected chi connectivity index (χ0v) is 9.07. The third-order valence-corrected chi connectivity index (χ3v) is 1.94. The summed E-state index contributed by atoms with van der Waals surface area (Å²) in [6, 6.07) is 4.70. The molecule has 2 nitrogen and oxygen atoms in total. The number of aryl methyl sites for hydroxylation is 1. The number of hydrogen-bond acceptors (Lipinski definition) is 1. The average Bonchev–Trinajstić information content (AvgIpc) is 2.14. The second-order valence-electron chi connectivity index (χ2n) is 3.16. The lowest BCUT2D eigenvalue weighted by Crippen LogP contribution is -2.11. The molecule has 0 saturated heterocycles. The molecule has 0 heterocycles. The number of halogens is 4. The summed E-state index contributed by atoms with van der Waals surface area (Å²) < 4.78 is 36.5. The highest BCUT2D eigenvalue weighted by Crippen LogP contribution is 2.29. The number of carbonyl (C=O) groups excluding carboxylic acids is 1. The first-order chi connectivity index (χ1) is 6.89. The average molecular weight is 254 g/mol. The number of benzene rings is 1. The van der Waals surface area contributed by atoms with Crippen LogP contribution in [0.4, 0.5) is 13.2 Å². The Labute approximate surface area is 97.0 Å². The summed E-state index contributed by atoms with van der Waals surface area (Å²) in [6.07, 6.45) is -3.80. The van der Waals surface area contributed by atoms with Gasteiger partial charge in [0.1, 0.15) is 0 Å². The molecule has 1 aromatic rings. The third kappa shape index (κ3) is 4.53. The molecule has 0 aliphatic heterocycles. The predicted octanol–water partition coefficient (Wildman–Crippen LogP) is 2.55. The Morgan fingerprint density at radius 3 is 2.06 bits per heavy atom. The van der Waals surface area contributed by atoms with E-state index in [0.29, 0.717) is 12.0 Å².